The van der Waals surface area contributed by atoms with E-state index in [9.17, 15) is 9.90 Å². The van der Waals surface area contributed by atoms with Crippen molar-refractivity contribution < 1.29 is 30.0 Å². The zero-order chi connectivity index (χ0) is 33.3. The van der Waals surface area contributed by atoms with Crippen molar-refractivity contribution in [2.45, 2.75) is 120 Å². The summed E-state index contributed by atoms with van der Waals surface area (Å²) in [5, 5.41) is 13.4. The van der Waals surface area contributed by atoms with Crippen molar-refractivity contribution >= 4 is 27.5 Å². The number of carbonyl (C=O) groups excluding carboxylic acids is 1. The molecule has 1 aliphatic carbocycles. The second-order valence-corrected chi connectivity index (χ2v) is 16.2. The standard InChI is InChI=1S/C31H34N.C11H20O2.Ir/c1-20-15-21(2)30-26(22-11-7-6-8-12-22)19-28(32-29(30)16-20)24-17-23-13-9-10-14-25(23)27(18-24)31(3,4)5;1-10(2,3)8(12)7-9(13)11(4,5)6;/h9-10,13-16,18-19,22H,6-8,11-12H2,1-5H3;7,12H,1-6H3;/q-1;;/b;8-7-;. The number of nitrogens with zero attached hydrogens (tertiary/aromatic N) is 1. The Balaban J connectivity index is 0.000000352. The first-order valence-corrected chi connectivity index (χ1v) is 16.7. The molecule has 0 saturated heterocycles. The topological polar surface area (TPSA) is 50.2 Å². The molecule has 0 atom stereocenters. The zero-order valence-corrected chi connectivity index (χ0v) is 32.3. The SMILES string of the molecule is CC(C)(C)C(=O)/C=C(\O)C(C)(C)C.Cc1cc(C)c2c(C3CCCCC3)cc(-c3[c-]c4ccccc4c(C(C)(C)C)c3)nc2c1.[Ir]. The molecule has 1 saturated carbocycles. The van der Waals surface area contributed by atoms with Gasteiger partial charge < -0.3 is 5.11 Å². The van der Waals surface area contributed by atoms with Crippen LogP contribution in [0, 0.1) is 30.7 Å². The van der Waals surface area contributed by atoms with Crippen LogP contribution >= 0.6 is 0 Å². The van der Waals surface area contributed by atoms with Gasteiger partial charge in [-0.3, -0.25) is 9.78 Å². The number of aliphatic hydroxyl groups is 1. The molecule has 3 nitrogen and oxygen atoms in total. The van der Waals surface area contributed by atoms with Crippen molar-refractivity contribution in [1.82, 2.24) is 4.98 Å². The molecule has 46 heavy (non-hydrogen) atoms. The molecule has 1 fully saturated rings. The van der Waals surface area contributed by atoms with Gasteiger partial charge in [-0.1, -0.05) is 123 Å². The first kappa shape index (κ1) is 37.6. The van der Waals surface area contributed by atoms with Gasteiger partial charge in [-0.15, -0.1) is 29.1 Å². The van der Waals surface area contributed by atoms with Crippen molar-refractivity contribution in [1.29, 1.82) is 0 Å². The Kier molecular flexibility index (Phi) is 11.9. The van der Waals surface area contributed by atoms with Crippen LogP contribution in [-0.4, -0.2) is 15.9 Å². The molecule has 4 heteroatoms. The number of pyridine rings is 1. The summed E-state index contributed by atoms with van der Waals surface area (Å²) >= 11 is 0. The molecule has 1 aliphatic rings. The number of aryl methyl sites for hydroxylation is 2. The van der Waals surface area contributed by atoms with E-state index in [2.05, 4.69) is 89.2 Å². The second kappa shape index (κ2) is 14.5. The van der Waals surface area contributed by atoms with Crippen LogP contribution in [0.4, 0.5) is 0 Å². The number of hydrogen-bond donors (Lipinski definition) is 1. The van der Waals surface area contributed by atoms with E-state index < -0.39 is 5.41 Å². The van der Waals surface area contributed by atoms with Gasteiger partial charge in [-0.2, -0.15) is 0 Å². The van der Waals surface area contributed by atoms with E-state index in [1.54, 1.807) is 0 Å². The van der Waals surface area contributed by atoms with Gasteiger partial charge in [0, 0.05) is 48.1 Å². The van der Waals surface area contributed by atoms with E-state index in [1.165, 1.54) is 76.6 Å². The van der Waals surface area contributed by atoms with Crippen LogP contribution in [-0.2, 0) is 30.3 Å². The minimum Gasteiger partial charge on any atom is -0.512 e. The van der Waals surface area contributed by atoms with Gasteiger partial charge >= 0.3 is 0 Å². The van der Waals surface area contributed by atoms with Crippen LogP contribution in [0.5, 0.6) is 0 Å². The summed E-state index contributed by atoms with van der Waals surface area (Å²) in [7, 11) is 0. The maximum Gasteiger partial charge on any atom is 0.164 e. The number of benzene rings is 3. The first-order chi connectivity index (χ1) is 20.9. The predicted molar refractivity (Wildman–Crippen MR) is 192 cm³/mol. The number of fused-ring (bicyclic) bond motifs is 2. The van der Waals surface area contributed by atoms with Crippen LogP contribution in [0.25, 0.3) is 32.9 Å². The molecule has 5 rings (SSSR count). The molecule has 0 unspecified atom stereocenters. The molecule has 1 radical (unpaired) electrons. The van der Waals surface area contributed by atoms with Crippen LogP contribution in [0.15, 0.2) is 60.4 Å². The fourth-order valence-electron chi connectivity index (χ4n) is 6.21. The van der Waals surface area contributed by atoms with Gasteiger partial charge in [0.2, 0.25) is 0 Å². The maximum absolute atomic E-state index is 11.5. The molecule has 0 aliphatic heterocycles. The molecule has 1 heterocycles. The Morgan fingerprint density at radius 3 is 2.09 bits per heavy atom. The number of hydrogen-bond acceptors (Lipinski definition) is 3. The van der Waals surface area contributed by atoms with E-state index in [0.29, 0.717) is 5.92 Å². The largest absolute Gasteiger partial charge is 0.512 e. The number of ketones is 1. The first-order valence-electron chi connectivity index (χ1n) is 16.7. The maximum atomic E-state index is 11.5. The molecule has 1 aromatic heterocycles. The Hall–Kier alpha value is -2.81. The van der Waals surface area contributed by atoms with E-state index in [4.69, 9.17) is 4.98 Å². The Bertz CT molecular complexity index is 1720. The van der Waals surface area contributed by atoms with E-state index in [0.717, 1.165) is 16.8 Å². The smallest absolute Gasteiger partial charge is 0.164 e. The average Bonchev–Trinajstić information content (AvgIpc) is 2.95. The van der Waals surface area contributed by atoms with Gasteiger partial charge in [0.25, 0.3) is 0 Å². The van der Waals surface area contributed by atoms with Crippen molar-refractivity contribution in [3.8, 4) is 11.3 Å². The normalized spacial score (nSPS) is 14.9. The molecule has 0 bridgehead atoms. The van der Waals surface area contributed by atoms with E-state index >= 15 is 0 Å². The molecule has 1 N–H and O–H groups in total. The minimum atomic E-state index is -0.417. The summed E-state index contributed by atoms with van der Waals surface area (Å²) in [5.41, 5.74) is 8.12. The third-order valence-corrected chi connectivity index (χ3v) is 8.96. The Morgan fingerprint density at radius 2 is 1.50 bits per heavy atom. The predicted octanol–water partition coefficient (Wildman–Crippen LogP) is 11.9. The fraction of sp³-hybridized carbons (Fsp3) is 0.476. The fourth-order valence-corrected chi connectivity index (χ4v) is 6.21. The summed E-state index contributed by atoms with van der Waals surface area (Å²) in [6, 6.07) is 21.7. The summed E-state index contributed by atoms with van der Waals surface area (Å²) in [6.07, 6.45) is 7.97. The second-order valence-electron chi connectivity index (χ2n) is 16.2. The average molecular weight is 797 g/mol. The van der Waals surface area contributed by atoms with Crippen LogP contribution in [0.3, 0.4) is 0 Å². The molecule has 249 valence electrons. The van der Waals surface area contributed by atoms with Crippen LogP contribution in [0.2, 0.25) is 0 Å². The van der Waals surface area contributed by atoms with Gasteiger partial charge in [0.05, 0.1) is 5.52 Å². The zero-order valence-electron chi connectivity index (χ0n) is 29.9. The van der Waals surface area contributed by atoms with E-state index in [1.807, 2.05) is 41.5 Å². The number of aliphatic hydroxyl groups excluding tert-OH is 1. The van der Waals surface area contributed by atoms with Gasteiger partial charge in [0.1, 0.15) is 5.76 Å². The molecular formula is C42H54IrNO2-. The van der Waals surface area contributed by atoms with Crippen LogP contribution < -0.4 is 0 Å². The van der Waals surface area contributed by atoms with Gasteiger partial charge in [-0.25, -0.2) is 0 Å². The summed E-state index contributed by atoms with van der Waals surface area (Å²) in [4.78, 5) is 16.7. The van der Waals surface area contributed by atoms with Gasteiger partial charge in [0.15, 0.2) is 5.78 Å². The molecule has 4 aromatic rings. The monoisotopic (exact) mass is 797 g/mol. The third-order valence-electron chi connectivity index (χ3n) is 8.96. The van der Waals surface area contributed by atoms with Crippen molar-refractivity contribution in [2.75, 3.05) is 0 Å². The molecule has 0 amide bonds. The molecular weight excluding hydrogens is 743 g/mol. The van der Waals surface area contributed by atoms with Crippen LogP contribution in [0.1, 0.15) is 123 Å². The molecule has 3 aromatic carbocycles. The van der Waals surface area contributed by atoms with E-state index in [-0.39, 0.29) is 42.5 Å². The number of rotatable bonds is 3. The third kappa shape index (κ3) is 8.96. The summed E-state index contributed by atoms with van der Waals surface area (Å²) in [5.74, 6) is 0.740. The van der Waals surface area contributed by atoms with Gasteiger partial charge in [-0.05, 0) is 60.8 Å². The summed E-state index contributed by atoms with van der Waals surface area (Å²) in [6.45, 7) is 22.4. The number of carbonyl (C=O) groups is 1. The summed E-state index contributed by atoms with van der Waals surface area (Å²) < 4.78 is 0. The number of aromatic nitrogens is 1. The van der Waals surface area contributed by atoms with Crippen molar-refractivity contribution in [2.24, 2.45) is 10.8 Å². The minimum absolute atomic E-state index is 0. The quantitative estimate of drug-likeness (QED) is 0.128. The van der Waals surface area contributed by atoms with Crippen molar-refractivity contribution in [3.63, 3.8) is 0 Å². The Morgan fingerprint density at radius 1 is 0.870 bits per heavy atom. The number of allylic oxidation sites excluding steroid dienone is 2. The van der Waals surface area contributed by atoms with Crippen molar-refractivity contribution in [3.05, 3.63) is 88.7 Å². The Labute approximate surface area is 291 Å². The molecule has 0 spiro atoms.